The first-order chi connectivity index (χ1) is 27.6. The van der Waals surface area contributed by atoms with Crippen molar-refractivity contribution in [1.82, 2.24) is 14.7 Å². The van der Waals surface area contributed by atoms with Crippen LogP contribution in [-0.4, -0.2) is 111 Å². The number of hydrogen-bond acceptors (Lipinski definition) is 10. The molecule has 298 valence electrons. The molecule has 13 nitrogen and oxygen atoms in total. The molecule has 2 heterocycles. The van der Waals surface area contributed by atoms with Gasteiger partial charge in [0.1, 0.15) is 11.5 Å². The summed E-state index contributed by atoms with van der Waals surface area (Å²) in [6.07, 6.45) is 3.26. The minimum absolute atomic E-state index is 0.00376. The van der Waals surface area contributed by atoms with Crippen molar-refractivity contribution >= 4 is 40.8 Å². The van der Waals surface area contributed by atoms with Crippen LogP contribution in [0.4, 0.5) is 11.4 Å². The molecule has 4 aromatic rings. The largest absolute Gasteiger partial charge is 0.494 e. The molecule has 6 rings (SSSR count). The lowest BCUT2D eigenvalue weighted by Crippen LogP contribution is -2.47. The number of amides is 4. The number of fused-ring (bicyclic) bond motifs is 1. The maximum absolute atomic E-state index is 14.0. The second-order valence-corrected chi connectivity index (χ2v) is 14.1. The van der Waals surface area contributed by atoms with Crippen LogP contribution in [0.25, 0.3) is 0 Å². The fourth-order valence-electron chi connectivity index (χ4n) is 7.05. The number of piperazine rings is 1. The van der Waals surface area contributed by atoms with E-state index in [0.29, 0.717) is 47.8 Å². The Hall–Kier alpha value is -6.21. The van der Waals surface area contributed by atoms with Crippen molar-refractivity contribution in [1.29, 1.82) is 0 Å². The summed E-state index contributed by atoms with van der Waals surface area (Å²) in [6, 6.07) is 23.7. The number of imide groups is 1. The van der Waals surface area contributed by atoms with Crippen LogP contribution in [0.3, 0.4) is 0 Å². The van der Waals surface area contributed by atoms with Gasteiger partial charge in [-0.2, -0.15) is 0 Å². The monoisotopic (exact) mass is 775 g/mol. The molecule has 1 fully saturated rings. The van der Waals surface area contributed by atoms with E-state index in [1.807, 2.05) is 17.0 Å². The predicted octanol–water partition coefficient (Wildman–Crippen LogP) is 5.56. The topological polar surface area (TPSA) is 152 Å². The molecule has 0 saturated carbocycles. The maximum atomic E-state index is 14.0. The van der Waals surface area contributed by atoms with E-state index in [4.69, 9.17) is 19.9 Å². The van der Waals surface area contributed by atoms with E-state index < -0.39 is 11.7 Å². The molecule has 2 N–H and O–H groups in total. The van der Waals surface area contributed by atoms with Gasteiger partial charge in [0.2, 0.25) is 11.7 Å². The fraction of sp³-hybridized carbons (Fsp3) is 0.341. The van der Waals surface area contributed by atoms with Crippen molar-refractivity contribution in [3.8, 4) is 17.2 Å². The molecule has 0 aliphatic carbocycles. The minimum Gasteiger partial charge on any atom is -0.494 e. The molecule has 2 aliphatic heterocycles. The van der Waals surface area contributed by atoms with Crippen molar-refractivity contribution in [2.45, 2.75) is 32.1 Å². The van der Waals surface area contributed by atoms with E-state index in [0.717, 1.165) is 45.4 Å². The van der Waals surface area contributed by atoms with Gasteiger partial charge >= 0.3 is 0 Å². The quantitative estimate of drug-likeness (QED) is 0.0625. The standard InChI is InChI=1S/C44H49N5O8/c1-46-24-26-48(27-25-46)38(50)20-5-4-12-28-57-37-19-11-9-17-35(37)47(2)42(52)33-21-22-34(41(55-3)39(33)45)40(51)32-16-8-10-18-36(32)56-29-13-23-49-43(53)30-14-6-7-15-31(30)44(49)54/h6-11,14-19,21-22H,4-5,12-13,20,23-29,45H2,1-3H3. The predicted molar refractivity (Wildman–Crippen MR) is 216 cm³/mol. The van der Waals surface area contributed by atoms with Gasteiger partial charge in [0.25, 0.3) is 17.7 Å². The Balaban J connectivity index is 1.05. The van der Waals surface area contributed by atoms with Gasteiger partial charge in [0, 0.05) is 46.2 Å². The van der Waals surface area contributed by atoms with Crippen LogP contribution in [0, 0.1) is 0 Å². The Kier molecular flexibility index (Phi) is 13.2. The summed E-state index contributed by atoms with van der Waals surface area (Å²) in [5.41, 5.74) is 8.39. The third-order valence-electron chi connectivity index (χ3n) is 10.3. The summed E-state index contributed by atoms with van der Waals surface area (Å²) in [5.74, 6) is -0.440. The molecule has 57 heavy (non-hydrogen) atoms. The molecule has 0 aromatic heterocycles. The molecule has 0 radical (unpaired) electrons. The van der Waals surface area contributed by atoms with Gasteiger partial charge in [-0.25, -0.2) is 0 Å². The summed E-state index contributed by atoms with van der Waals surface area (Å²) >= 11 is 0. The Morgan fingerprint density at radius 3 is 2.00 bits per heavy atom. The smallest absolute Gasteiger partial charge is 0.261 e. The Morgan fingerprint density at radius 2 is 1.30 bits per heavy atom. The van der Waals surface area contributed by atoms with E-state index in [-0.39, 0.29) is 59.0 Å². The Labute approximate surface area is 332 Å². The van der Waals surface area contributed by atoms with Crippen LogP contribution in [-0.2, 0) is 4.79 Å². The highest BCUT2D eigenvalue weighted by molar-refractivity contribution is 6.21. The van der Waals surface area contributed by atoms with Crippen molar-refractivity contribution in [2.75, 3.05) is 77.8 Å². The second-order valence-electron chi connectivity index (χ2n) is 14.1. The van der Waals surface area contributed by atoms with Crippen LogP contribution in [0.2, 0.25) is 0 Å². The van der Waals surface area contributed by atoms with Crippen LogP contribution in [0.15, 0.2) is 84.9 Å². The highest BCUT2D eigenvalue weighted by atomic mass is 16.5. The Bertz CT molecular complexity index is 2090. The van der Waals surface area contributed by atoms with Crippen molar-refractivity contribution in [2.24, 2.45) is 0 Å². The van der Waals surface area contributed by atoms with E-state index in [9.17, 15) is 24.0 Å². The van der Waals surface area contributed by atoms with Gasteiger partial charge in [-0.1, -0.05) is 36.4 Å². The number of anilines is 2. The molecule has 4 amide bonds. The van der Waals surface area contributed by atoms with Crippen LogP contribution in [0.5, 0.6) is 17.2 Å². The third kappa shape index (κ3) is 9.10. The molecule has 1 saturated heterocycles. The van der Waals surface area contributed by atoms with E-state index in [1.54, 1.807) is 67.7 Å². The second kappa shape index (κ2) is 18.6. The molecule has 0 unspecified atom stereocenters. The molecule has 0 bridgehead atoms. The normalized spacial score (nSPS) is 14.0. The number of rotatable bonds is 17. The molecule has 0 spiro atoms. The van der Waals surface area contributed by atoms with E-state index in [2.05, 4.69) is 11.9 Å². The lowest BCUT2D eigenvalue weighted by molar-refractivity contribution is -0.132. The zero-order valence-electron chi connectivity index (χ0n) is 32.7. The van der Waals surface area contributed by atoms with Crippen molar-refractivity contribution < 1.29 is 38.2 Å². The number of carbonyl (C=O) groups excluding carboxylic acids is 5. The van der Waals surface area contributed by atoms with Gasteiger partial charge < -0.3 is 34.6 Å². The summed E-state index contributed by atoms with van der Waals surface area (Å²) in [7, 11) is 5.08. The molecular weight excluding hydrogens is 727 g/mol. The number of ether oxygens (including phenoxy) is 3. The molecule has 13 heteroatoms. The average molecular weight is 776 g/mol. The highest BCUT2D eigenvalue weighted by Crippen LogP contribution is 2.36. The number of hydrogen-bond donors (Lipinski definition) is 1. The number of ketones is 1. The minimum atomic E-state index is -0.427. The number of para-hydroxylation sites is 3. The lowest BCUT2D eigenvalue weighted by atomic mass is 9.98. The average Bonchev–Trinajstić information content (AvgIpc) is 3.47. The summed E-state index contributed by atoms with van der Waals surface area (Å²) in [6.45, 7) is 4.09. The number of likely N-dealkylation sites (N-methyl/N-ethyl adjacent to an activating group) is 1. The number of benzene rings is 4. The number of methoxy groups -OCH3 is 1. The van der Waals surface area contributed by atoms with E-state index >= 15 is 0 Å². The lowest BCUT2D eigenvalue weighted by Gasteiger charge is -2.32. The number of nitrogens with two attached hydrogens (primary N) is 1. The zero-order valence-corrected chi connectivity index (χ0v) is 32.7. The van der Waals surface area contributed by atoms with Gasteiger partial charge in [0.05, 0.1) is 59.5 Å². The number of carbonyl (C=O) groups is 5. The summed E-state index contributed by atoms with van der Waals surface area (Å²) in [4.78, 5) is 72.7. The fourth-order valence-corrected chi connectivity index (χ4v) is 7.05. The highest BCUT2D eigenvalue weighted by Gasteiger charge is 2.34. The summed E-state index contributed by atoms with van der Waals surface area (Å²) in [5, 5.41) is 0. The third-order valence-corrected chi connectivity index (χ3v) is 10.3. The molecule has 0 atom stereocenters. The van der Waals surface area contributed by atoms with Crippen molar-refractivity contribution in [3.63, 3.8) is 0 Å². The first kappa shape index (κ1) is 40.5. The van der Waals surface area contributed by atoms with E-state index in [1.165, 1.54) is 29.0 Å². The first-order valence-corrected chi connectivity index (χ1v) is 19.2. The van der Waals surface area contributed by atoms with Gasteiger partial charge in [-0.15, -0.1) is 0 Å². The molecule has 2 aliphatic rings. The SMILES string of the molecule is COc1c(C(=O)c2ccccc2OCCCN2C(=O)c3ccccc3C2=O)ccc(C(=O)N(C)c2ccccc2OCCCCCC(=O)N2CCN(C)CC2)c1N. The number of nitrogen functional groups attached to an aromatic ring is 1. The first-order valence-electron chi connectivity index (χ1n) is 19.2. The summed E-state index contributed by atoms with van der Waals surface area (Å²) < 4.78 is 17.7. The molecule has 4 aromatic carbocycles. The number of unbranched alkanes of at least 4 members (excludes halogenated alkanes) is 2. The number of nitrogens with zero attached hydrogens (tertiary/aromatic N) is 4. The van der Waals surface area contributed by atoms with Crippen LogP contribution in [0.1, 0.15) is 79.1 Å². The van der Waals surface area contributed by atoms with Crippen LogP contribution >= 0.6 is 0 Å². The van der Waals surface area contributed by atoms with Gasteiger partial charge in [0.15, 0.2) is 5.75 Å². The maximum Gasteiger partial charge on any atom is 0.261 e. The molecular formula is C44H49N5O8. The Morgan fingerprint density at radius 1 is 0.702 bits per heavy atom. The van der Waals surface area contributed by atoms with Crippen molar-refractivity contribution in [3.05, 3.63) is 113 Å². The van der Waals surface area contributed by atoms with Gasteiger partial charge in [-0.05, 0) is 81.3 Å². The van der Waals surface area contributed by atoms with Crippen LogP contribution < -0.4 is 24.8 Å². The van der Waals surface area contributed by atoms with Gasteiger partial charge in [-0.3, -0.25) is 28.9 Å². The zero-order chi connectivity index (χ0) is 40.5.